The summed E-state index contributed by atoms with van der Waals surface area (Å²) in [5.74, 6) is -3.27. The normalized spacial score (nSPS) is 22.4. The summed E-state index contributed by atoms with van der Waals surface area (Å²) in [6.07, 6.45) is 7.23. The van der Waals surface area contributed by atoms with Crippen molar-refractivity contribution in [3.63, 3.8) is 0 Å². The van der Waals surface area contributed by atoms with Crippen LogP contribution in [0.5, 0.6) is 5.75 Å². The van der Waals surface area contributed by atoms with Crippen molar-refractivity contribution < 1.29 is 18.3 Å². The number of hydrogen-bond acceptors (Lipinski definition) is 5. The molecule has 1 saturated carbocycles. The topological polar surface area (TPSA) is 87.3 Å². The molecule has 9 heteroatoms. The number of halogens is 2. The standard InChI is InChI=1S/C23H28F2N4O3/c1-15(22(31)28-20-8-7-18(13-26-20)32-17-4-2-3-5-17)29-11-10-23(24,25)19(14-29)16-6-9-21(30)27-12-16/h6-9,12-13,15,17,19H,2-5,10-11,14H2,1H3,(H,27,30)(H,26,28,31)/t15?,19-/m1/s1. The van der Waals surface area contributed by atoms with Crippen molar-refractivity contribution in [2.45, 2.75) is 63.0 Å². The Balaban J connectivity index is 1.37. The number of likely N-dealkylation sites (tertiary alicyclic amines) is 1. The molecule has 1 unspecified atom stereocenters. The predicted molar refractivity (Wildman–Crippen MR) is 116 cm³/mol. The average molecular weight is 446 g/mol. The van der Waals surface area contributed by atoms with Gasteiger partial charge in [-0.15, -0.1) is 0 Å². The molecule has 3 heterocycles. The lowest BCUT2D eigenvalue weighted by atomic mass is 9.87. The highest BCUT2D eigenvalue weighted by atomic mass is 19.3. The van der Waals surface area contributed by atoms with Gasteiger partial charge in [0.05, 0.1) is 24.3 Å². The number of pyridine rings is 2. The molecule has 0 aromatic carbocycles. The SMILES string of the molecule is CC(C(=O)Nc1ccc(OC2CCCC2)cn1)N1CCC(F)(F)[C@@H](c2ccc(=O)[nH]c2)C1. The minimum absolute atomic E-state index is 0.00915. The predicted octanol–water partition coefficient (Wildman–Crippen LogP) is 3.54. The van der Waals surface area contributed by atoms with Crippen LogP contribution < -0.4 is 15.6 Å². The van der Waals surface area contributed by atoms with Gasteiger partial charge < -0.3 is 15.0 Å². The third kappa shape index (κ3) is 5.15. The highest BCUT2D eigenvalue weighted by Crippen LogP contribution is 2.40. The van der Waals surface area contributed by atoms with E-state index in [4.69, 9.17) is 4.74 Å². The second kappa shape index (κ2) is 9.36. The van der Waals surface area contributed by atoms with Crippen molar-refractivity contribution in [2.75, 3.05) is 18.4 Å². The Morgan fingerprint density at radius 3 is 2.72 bits per heavy atom. The van der Waals surface area contributed by atoms with Crippen LogP contribution in [0.25, 0.3) is 0 Å². The Kier molecular flexibility index (Phi) is 6.55. The first-order chi connectivity index (χ1) is 15.3. The minimum atomic E-state index is -2.92. The number of aromatic amines is 1. The number of aromatic nitrogens is 2. The lowest BCUT2D eigenvalue weighted by molar-refractivity contribution is -0.125. The van der Waals surface area contributed by atoms with E-state index >= 15 is 0 Å². The van der Waals surface area contributed by atoms with Gasteiger partial charge in [-0.2, -0.15) is 0 Å². The summed E-state index contributed by atoms with van der Waals surface area (Å²) in [6.45, 7) is 1.80. The zero-order valence-electron chi connectivity index (χ0n) is 18.0. The maximum absolute atomic E-state index is 14.6. The smallest absolute Gasteiger partial charge is 0.257 e. The number of nitrogens with one attached hydrogen (secondary N) is 2. The second-order valence-corrected chi connectivity index (χ2v) is 8.61. The van der Waals surface area contributed by atoms with Crippen LogP contribution in [0.1, 0.15) is 50.5 Å². The van der Waals surface area contributed by atoms with E-state index in [1.165, 1.54) is 31.2 Å². The van der Waals surface area contributed by atoms with Gasteiger partial charge in [0.25, 0.3) is 5.92 Å². The van der Waals surface area contributed by atoms with Crippen molar-refractivity contribution in [3.8, 4) is 5.75 Å². The van der Waals surface area contributed by atoms with E-state index in [0.717, 1.165) is 12.8 Å². The largest absolute Gasteiger partial charge is 0.489 e. The third-order valence-electron chi connectivity index (χ3n) is 6.39. The van der Waals surface area contributed by atoms with E-state index in [0.29, 0.717) is 17.1 Å². The van der Waals surface area contributed by atoms with Gasteiger partial charge in [-0.25, -0.2) is 13.8 Å². The maximum Gasteiger partial charge on any atom is 0.257 e. The van der Waals surface area contributed by atoms with Crippen molar-refractivity contribution >= 4 is 11.7 Å². The number of carbonyl (C=O) groups excluding carboxylic acids is 1. The van der Waals surface area contributed by atoms with Crippen molar-refractivity contribution in [1.82, 2.24) is 14.9 Å². The van der Waals surface area contributed by atoms with Gasteiger partial charge in [-0.05, 0) is 50.3 Å². The molecule has 0 radical (unpaired) electrons. The molecular formula is C23H28F2N4O3. The molecule has 2 aliphatic rings. The van der Waals surface area contributed by atoms with Crippen LogP contribution >= 0.6 is 0 Å². The van der Waals surface area contributed by atoms with E-state index in [9.17, 15) is 18.4 Å². The lowest BCUT2D eigenvalue weighted by Crippen LogP contribution is -2.52. The van der Waals surface area contributed by atoms with Gasteiger partial charge >= 0.3 is 0 Å². The molecule has 1 aliphatic heterocycles. The molecule has 7 nitrogen and oxygen atoms in total. The van der Waals surface area contributed by atoms with Crippen LogP contribution in [-0.2, 0) is 4.79 Å². The number of carbonyl (C=O) groups is 1. The van der Waals surface area contributed by atoms with Gasteiger partial charge in [0.15, 0.2) is 0 Å². The summed E-state index contributed by atoms with van der Waals surface area (Å²) in [7, 11) is 0. The van der Waals surface area contributed by atoms with E-state index in [-0.39, 0.29) is 37.1 Å². The molecule has 32 heavy (non-hydrogen) atoms. The van der Waals surface area contributed by atoms with E-state index < -0.39 is 17.9 Å². The average Bonchev–Trinajstić information content (AvgIpc) is 3.28. The first-order valence-corrected chi connectivity index (χ1v) is 11.1. The number of rotatable bonds is 6. The number of H-pyrrole nitrogens is 1. The summed E-state index contributed by atoms with van der Waals surface area (Å²) in [4.78, 5) is 32.5. The molecule has 0 bridgehead atoms. The number of anilines is 1. The van der Waals surface area contributed by atoms with Crippen LogP contribution in [-0.4, -0.2) is 51.9 Å². The van der Waals surface area contributed by atoms with Crippen LogP contribution in [0.15, 0.2) is 41.5 Å². The summed E-state index contributed by atoms with van der Waals surface area (Å²) >= 11 is 0. The lowest BCUT2D eigenvalue weighted by Gasteiger charge is -2.40. The molecule has 172 valence electrons. The number of amides is 1. The van der Waals surface area contributed by atoms with Gasteiger partial charge in [0.2, 0.25) is 11.5 Å². The molecule has 2 fully saturated rings. The first kappa shape index (κ1) is 22.4. The Morgan fingerprint density at radius 1 is 1.28 bits per heavy atom. The summed E-state index contributed by atoms with van der Waals surface area (Å²) in [5, 5.41) is 2.76. The molecule has 2 atom stereocenters. The van der Waals surface area contributed by atoms with Crippen molar-refractivity contribution in [1.29, 1.82) is 0 Å². The monoisotopic (exact) mass is 446 g/mol. The fourth-order valence-corrected chi connectivity index (χ4v) is 4.39. The number of ether oxygens (including phenoxy) is 1. The number of hydrogen-bond donors (Lipinski definition) is 2. The molecule has 1 saturated heterocycles. The second-order valence-electron chi connectivity index (χ2n) is 8.61. The van der Waals surface area contributed by atoms with Crippen LogP contribution in [0.2, 0.25) is 0 Å². The summed E-state index contributed by atoms with van der Waals surface area (Å²) in [6, 6.07) is 5.51. The number of piperidine rings is 1. The highest BCUT2D eigenvalue weighted by Gasteiger charge is 2.46. The van der Waals surface area contributed by atoms with Crippen LogP contribution in [0.4, 0.5) is 14.6 Å². The van der Waals surface area contributed by atoms with Crippen LogP contribution in [0.3, 0.4) is 0 Å². The van der Waals surface area contributed by atoms with E-state index in [1.54, 1.807) is 30.2 Å². The van der Waals surface area contributed by atoms with Gasteiger partial charge in [0, 0.05) is 31.8 Å². The Bertz CT molecular complexity index is 969. The van der Waals surface area contributed by atoms with Crippen molar-refractivity contribution in [3.05, 3.63) is 52.6 Å². The fourth-order valence-electron chi connectivity index (χ4n) is 4.39. The number of nitrogens with zero attached hydrogens (tertiary/aromatic N) is 2. The van der Waals surface area contributed by atoms with Gasteiger partial charge in [-0.3, -0.25) is 14.5 Å². The van der Waals surface area contributed by atoms with Crippen molar-refractivity contribution in [2.24, 2.45) is 0 Å². The zero-order chi connectivity index (χ0) is 22.7. The van der Waals surface area contributed by atoms with Gasteiger partial charge in [0.1, 0.15) is 11.6 Å². The van der Waals surface area contributed by atoms with E-state index in [2.05, 4.69) is 15.3 Å². The summed E-state index contributed by atoms with van der Waals surface area (Å²) < 4.78 is 35.0. The molecule has 2 aromatic rings. The minimum Gasteiger partial charge on any atom is -0.489 e. The molecule has 2 N–H and O–H groups in total. The first-order valence-electron chi connectivity index (χ1n) is 11.1. The molecular weight excluding hydrogens is 418 g/mol. The van der Waals surface area contributed by atoms with E-state index in [1.807, 2.05) is 0 Å². The third-order valence-corrected chi connectivity index (χ3v) is 6.39. The fraction of sp³-hybridized carbons (Fsp3) is 0.522. The summed E-state index contributed by atoms with van der Waals surface area (Å²) in [5.41, 5.74) is 0.0102. The Labute approximate surface area is 185 Å². The molecule has 1 aliphatic carbocycles. The Morgan fingerprint density at radius 2 is 2.06 bits per heavy atom. The quantitative estimate of drug-likeness (QED) is 0.709. The highest BCUT2D eigenvalue weighted by molar-refractivity contribution is 5.93. The zero-order valence-corrected chi connectivity index (χ0v) is 18.0. The molecule has 2 aromatic heterocycles. The molecule has 0 spiro atoms. The van der Waals surface area contributed by atoms with Gasteiger partial charge in [-0.1, -0.05) is 6.07 Å². The number of alkyl halides is 2. The maximum atomic E-state index is 14.6. The van der Waals surface area contributed by atoms with Crippen LogP contribution in [0, 0.1) is 0 Å². The Hall–Kier alpha value is -2.81. The molecule has 1 amide bonds. The molecule has 4 rings (SSSR count).